The summed E-state index contributed by atoms with van der Waals surface area (Å²) in [5.74, 6) is 0.558. The van der Waals surface area contributed by atoms with Gasteiger partial charge in [-0.1, -0.05) is 5.16 Å². The van der Waals surface area contributed by atoms with Gasteiger partial charge in [0, 0.05) is 27.7 Å². The van der Waals surface area contributed by atoms with E-state index in [0.29, 0.717) is 17.1 Å². The van der Waals surface area contributed by atoms with Gasteiger partial charge in [0.25, 0.3) is 11.6 Å². The third-order valence-corrected chi connectivity index (χ3v) is 4.38. The van der Waals surface area contributed by atoms with Gasteiger partial charge in [0.1, 0.15) is 0 Å². The maximum atomic E-state index is 10.8. The summed E-state index contributed by atoms with van der Waals surface area (Å²) in [5.41, 5.74) is 6.42. The quantitative estimate of drug-likeness (QED) is 0.429. The zero-order valence-corrected chi connectivity index (χ0v) is 12.7. The van der Waals surface area contributed by atoms with Gasteiger partial charge in [-0.05, 0) is 28.1 Å². The number of nitro groups is 1. The van der Waals surface area contributed by atoms with Crippen LogP contribution in [0.4, 0.5) is 11.4 Å². The molecule has 0 aliphatic heterocycles. The van der Waals surface area contributed by atoms with Crippen molar-refractivity contribution in [3.63, 3.8) is 0 Å². The number of aromatic nitrogens is 2. The van der Waals surface area contributed by atoms with Crippen LogP contribution in [0.1, 0.15) is 0 Å². The molecule has 3 aromatic rings. The molecule has 106 valence electrons. The van der Waals surface area contributed by atoms with Gasteiger partial charge in [0.05, 0.1) is 15.4 Å². The van der Waals surface area contributed by atoms with E-state index in [1.54, 1.807) is 0 Å². The first-order chi connectivity index (χ1) is 10.0. The minimum atomic E-state index is -0.503. The van der Waals surface area contributed by atoms with Gasteiger partial charge in [-0.3, -0.25) is 10.1 Å². The topological polar surface area (TPSA) is 108 Å². The number of non-ortho nitro benzene ring substituents is 1. The van der Waals surface area contributed by atoms with E-state index in [4.69, 9.17) is 10.3 Å². The Kier molecular flexibility index (Phi) is 3.43. The Hall–Kier alpha value is -2.26. The minimum Gasteiger partial charge on any atom is -0.398 e. The minimum absolute atomic E-state index is 0.0854. The predicted molar refractivity (Wildman–Crippen MR) is 81.8 cm³/mol. The summed E-state index contributed by atoms with van der Waals surface area (Å²) >= 11 is 4.80. The van der Waals surface area contributed by atoms with Crippen molar-refractivity contribution in [1.82, 2.24) is 10.1 Å². The third kappa shape index (κ3) is 2.65. The molecule has 2 N–H and O–H groups in total. The average Bonchev–Trinajstić information content (AvgIpc) is 3.07. The number of hydrogen-bond acceptors (Lipinski definition) is 7. The van der Waals surface area contributed by atoms with Crippen molar-refractivity contribution < 1.29 is 9.45 Å². The fraction of sp³-hybridized carbons (Fsp3) is 0. The molecule has 0 atom stereocenters. The Balaban J connectivity index is 2.03. The van der Waals surface area contributed by atoms with E-state index >= 15 is 0 Å². The maximum Gasteiger partial charge on any atom is 0.270 e. The summed E-state index contributed by atoms with van der Waals surface area (Å²) in [5, 5.41) is 16.6. The molecule has 0 amide bonds. The Labute approximate surface area is 130 Å². The molecule has 0 radical (unpaired) electrons. The second-order valence-electron chi connectivity index (χ2n) is 4.08. The van der Waals surface area contributed by atoms with Gasteiger partial charge in [-0.25, -0.2) is 0 Å². The summed E-state index contributed by atoms with van der Waals surface area (Å²) in [6.45, 7) is 0. The number of hydrogen-bond donors (Lipinski definition) is 1. The lowest BCUT2D eigenvalue weighted by Gasteiger charge is -1.99. The predicted octanol–water partition coefficient (Wildman–Crippen LogP) is 3.72. The molecule has 2 aromatic heterocycles. The Bertz CT molecular complexity index is 830. The largest absolute Gasteiger partial charge is 0.398 e. The van der Waals surface area contributed by atoms with E-state index < -0.39 is 4.92 Å². The fourth-order valence-electron chi connectivity index (χ4n) is 1.71. The number of thiophene rings is 1. The molecule has 2 heterocycles. The molecule has 1 aromatic carbocycles. The molecular formula is C12H7BrN4O3S. The van der Waals surface area contributed by atoms with Crippen LogP contribution in [0.25, 0.3) is 22.2 Å². The van der Waals surface area contributed by atoms with Gasteiger partial charge in [-0.2, -0.15) is 4.98 Å². The summed E-state index contributed by atoms with van der Waals surface area (Å²) in [4.78, 5) is 15.4. The van der Waals surface area contributed by atoms with Gasteiger partial charge >= 0.3 is 0 Å². The van der Waals surface area contributed by atoms with Gasteiger partial charge < -0.3 is 10.3 Å². The van der Waals surface area contributed by atoms with Crippen LogP contribution in [-0.4, -0.2) is 15.1 Å². The first kappa shape index (κ1) is 13.7. The number of rotatable bonds is 3. The van der Waals surface area contributed by atoms with E-state index in [0.717, 1.165) is 9.35 Å². The Morgan fingerprint density at radius 1 is 1.38 bits per heavy atom. The third-order valence-electron chi connectivity index (χ3n) is 2.69. The number of anilines is 1. The molecule has 0 saturated carbocycles. The van der Waals surface area contributed by atoms with Crippen molar-refractivity contribution in [2.24, 2.45) is 0 Å². The van der Waals surface area contributed by atoms with E-state index in [-0.39, 0.29) is 11.6 Å². The van der Waals surface area contributed by atoms with Crippen LogP contribution in [0.3, 0.4) is 0 Å². The molecular weight excluding hydrogens is 360 g/mol. The van der Waals surface area contributed by atoms with Gasteiger partial charge in [0.2, 0.25) is 5.82 Å². The van der Waals surface area contributed by atoms with Crippen molar-refractivity contribution in [3.8, 4) is 22.2 Å². The molecule has 9 heteroatoms. The average molecular weight is 367 g/mol. The molecule has 0 unspecified atom stereocenters. The number of nitro benzene ring substituents is 1. The lowest BCUT2D eigenvalue weighted by molar-refractivity contribution is -0.384. The highest BCUT2D eigenvalue weighted by Crippen LogP contribution is 2.32. The first-order valence-corrected chi connectivity index (χ1v) is 7.34. The molecule has 3 rings (SSSR count). The monoisotopic (exact) mass is 366 g/mol. The van der Waals surface area contributed by atoms with E-state index in [9.17, 15) is 10.1 Å². The molecule has 0 saturated heterocycles. The van der Waals surface area contributed by atoms with Gasteiger partial charge in [-0.15, -0.1) is 11.3 Å². The summed E-state index contributed by atoms with van der Waals surface area (Å²) in [7, 11) is 0. The highest BCUT2D eigenvalue weighted by molar-refractivity contribution is 9.10. The van der Waals surface area contributed by atoms with Crippen LogP contribution in [0, 0.1) is 10.1 Å². The van der Waals surface area contributed by atoms with Crippen LogP contribution in [0.2, 0.25) is 0 Å². The van der Waals surface area contributed by atoms with Crippen molar-refractivity contribution in [2.75, 3.05) is 5.73 Å². The second kappa shape index (κ2) is 5.26. The van der Waals surface area contributed by atoms with Crippen LogP contribution >= 0.6 is 27.3 Å². The van der Waals surface area contributed by atoms with Gasteiger partial charge in [0.15, 0.2) is 0 Å². The Morgan fingerprint density at radius 3 is 2.86 bits per heavy atom. The van der Waals surface area contributed by atoms with Crippen molar-refractivity contribution in [2.45, 2.75) is 0 Å². The zero-order valence-electron chi connectivity index (χ0n) is 10.3. The molecule has 0 spiro atoms. The summed E-state index contributed by atoms with van der Waals surface area (Å²) in [6.07, 6.45) is 0. The highest BCUT2D eigenvalue weighted by Gasteiger charge is 2.17. The van der Waals surface area contributed by atoms with Crippen LogP contribution in [0.15, 0.2) is 38.6 Å². The van der Waals surface area contributed by atoms with Crippen LogP contribution < -0.4 is 5.73 Å². The zero-order chi connectivity index (χ0) is 15.0. The number of benzene rings is 1. The Morgan fingerprint density at radius 2 is 2.19 bits per heavy atom. The molecule has 7 nitrogen and oxygen atoms in total. The second-order valence-corrected chi connectivity index (χ2v) is 5.91. The molecule has 0 bridgehead atoms. The lowest BCUT2D eigenvalue weighted by atomic mass is 10.1. The fourth-order valence-corrected chi connectivity index (χ4v) is 3.06. The molecule has 21 heavy (non-hydrogen) atoms. The standard InChI is InChI=1S/C12H7BrN4O3S/c13-6-3-10(21-5-6)11-15-12(20-16-11)8-4-7(17(18)19)1-2-9(8)14/h1-5H,14H2. The summed E-state index contributed by atoms with van der Waals surface area (Å²) < 4.78 is 6.08. The van der Waals surface area contributed by atoms with Crippen molar-refractivity contribution in [3.05, 3.63) is 44.2 Å². The molecule has 0 aliphatic rings. The summed E-state index contributed by atoms with van der Waals surface area (Å²) in [6, 6.07) is 5.94. The lowest BCUT2D eigenvalue weighted by Crippen LogP contribution is -1.94. The number of nitrogen functional groups attached to an aromatic ring is 1. The smallest absolute Gasteiger partial charge is 0.270 e. The SMILES string of the molecule is Nc1ccc([N+](=O)[O-])cc1-c1nc(-c2cc(Br)cs2)no1. The number of nitrogens with two attached hydrogens (primary N) is 1. The molecule has 0 aliphatic carbocycles. The van der Waals surface area contributed by atoms with E-state index in [1.165, 1.54) is 29.5 Å². The van der Waals surface area contributed by atoms with Crippen molar-refractivity contribution in [1.29, 1.82) is 0 Å². The molecule has 0 fully saturated rings. The van der Waals surface area contributed by atoms with E-state index in [1.807, 2.05) is 11.4 Å². The van der Waals surface area contributed by atoms with Crippen LogP contribution in [0.5, 0.6) is 0 Å². The van der Waals surface area contributed by atoms with Crippen LogP contribution in [-0.2, 0) is 0 Å². The number of halogens is 1. The van der Waals surface area contributed by atoms with Crippen molar-refractivity contribution >= 4 is 38.6 Å². The normalized spacial score (nSPS) is 10.7. The highest BCUT2D eigenvalue weighted by atomic mass is 79.9. The maximum absolute atomic E-state index is 10.8. The first-order valence-electron chi connectivity index (χ1n) is 5.67. The number of nitrogens with zero attached hydrogens (tertiary/aromatic N) is 3. The van der Waals surface area contributed by atoms with E-state index in [2.05, 4.69) is 26.1 Å².